The van der Waals surface area contributed by atoms with Gasteiger partial charge in [-0.15, -0.1) is 11.6 Å². The van der Waals surface area contributed by atoms with Crippen molar-refractivity contribution in [1.29, 1.82) is 0 Å². The van der Waals surface area contributed by atoms with Crippen LogP contribution in [0.25, 0.3) is 0 Å². The molecule has 0 radical (unpaired) electrons. The van der Waals surface area contributed by atoms with Crippen molar-refractivity contribution in [3.63, 3.8) is 0 Å². The summed E-state index contributed by atoms with van der Waals surface area (Å²) in [5.74, 6) is 0.595. The molecule has 0 saturated carbocycles. The molecule has 0 bridgehead atoms. The normalized spacial score (nSPS) is 14.4. The topological polar surface area (TPSA) is 12.4 Å². The Morgan fingerprint density at radius 1 is 1.33 bits per heavy atom. The molecule has 1 atom stereocenters. The number of nitrogens with zero attached hydrogens (tertiary/aromatic N) is 1. The summed E-state index contributed by atoms with van der Waals surface area (Å²) in [5.41, 5.74) is 1.21. The highest BCUT2D eigenvalue weighted by molar-refractivity contribution is 6.19. The Hall–Kier alpha value is -0.820. The lowest BCUT2D eigenvalue weighted by Gasteiger charge is -2.16. The van der Waals surface area contributed by atoms with Gasteiger partial charge in [0.25, 0.3) is 0 Å². The fourth-order valence-electron chi connectivity index (χ4n) is 1.17. The van der Waals surface area contributed by atoms with Crippen LogP contribution in [0.15, 0.2) is 35.3 Å². The first-order valence-corrected chi connectivity index (χ1v) is 5.74. The highest BCUT2D eigenvalue weighted by atomic mass is 35.5. The molecule has 0 heterocycles. The van der Waals surface area contributed by atoms with E-state index in [2.05, 4.69) is 37.9 Å². The minimum atomic E-state index is -0.0232. The number of benzene rings is 1. The van der Waals surface area contributed by atoms with Crippen LogP contribution in [0.5, 0.6) is 0 Å². The molecule has 1 unspecified atom stereocenters. The molecular weight excluding hydrogens is 206 g/mol. The predicted octanol–water partition coefficient (Wildman–Crippen LogP) is 4.08. The first-order valence-electron chi connectivity index (χ1n) is 5.20. The van der Waals surface area contributed by atoms with Crippen molar-refractivity contribution in [3.05, 3.63) is 35.9 Å². The SMILES string of the molecule is CC(N=CC(C)(C)CCl)c1ccccc1. The highest BCUT2D eigenvalue weighted by Gasteiger charge is 2.13. The number of aliphatic imine (C=N–C) groups is 1. The summed E-state index contributed by atoms with van der Waals surface area (Å²) < 4.78 is 0. The van der Waals surface area contributed by atoms with Crippen LogP contribution in [0.3, 0.4) is 0 Å². The zero-order valence-corrected chi connectivity index (χ0v) is 10.3. The Labute approximate surface area is 97.2 Å². The molecule has 0 aliphatic heterocycles. The van der Waals surface area contributed by atoms with Gasteiger partial charge in [-0.1, -0.05) is 44.2 Å². The van der Waals surface area contributed by atoms with Gasteiger partial charge in [-0.3, -0.25) is 4.99 Å². The molecule has 0 saturated heterocycles. The number of halogens is 1. The average Bonchev–Trinajstić information content (AvgIpc) is 2.27. The molecule has 0 fully saturated rings. The summed E-state index contributed by atoms with van der Waals surface area (Å²) in [6, 6.07) is 10.5. The largest absolute Gasteiger partial charge is 0.289 e. The molecule has 0 aromatic heterocycles. The quantitative estimate of drug-likeness (QED) is 0.539. The van der Waals surface area contributed by atoms with Crippen LogP contribution in [0.4, 0.5) is 0 Å². The van der Waals surface area contributed by atoms with Crippen LogP contribution in [0.2, 0.25) is 0 Å². The van der Waals surface area contributed by atoms with Gasteiger partial charge in [0.1, 0.15) is 0 Å². The zero-order chi connectivity index (χ0) is 11.3. The third-order valence-corrected chi connectivity index (χ3v) is 2.96. The minimum Gasteiger partial charge on any atom is -0.289 e. The van der Waals surface area contributed by atoms with Gasteiger partial charge in [-0.25, -0.2) is 0 Å². The van der Waals surface area contributed by atoms with E-state index in [1.165, 1.54) is 5.56 Å². The van der Waals surface area contributed by atoms with Gasteiger partial charge in [-0.05, 0) is 12.5 Å². The fourth-order valence-corrected chi connectivity index (χ4v) is 1.23. The standard InChI is InChI=1S/C13H18ClN/c1-11(12-7-5-4-6-8-12)15-10-13(2,3)9-14/h4-8,10-11H,9H2,1-3H3. The van der Waals surface area contributed by atoms with Gasteiger partial charge in [-0.2, -0.15) is 0 Å². The third kappa shape index (κ3) is 4.05. The van der Waals surface area contributed by atoms with Crippen LogP contribution < -0.4 is 0 Å². The molecule has 0 aliphatic rings. The van der Waals surface area contributed by atoms with E-state index in [0.717, 1.165) is 0 Å². The molecule has 1 aromatic carbocycles. The molecule has 15 heavy (non-hydrogen) atoms. The van der Waals surface area contributed by atoms with Crippen molar-refractivity contribution >= 4 is 17.8 Å². The Balaban J connectivity index is 2.68. The maximum Gasteiger partial charge on any atom is 0.0717 e. The third-order valence-electron chi connectivity index (χ3n) is 2.27. The highest BCUT2D eigenvalue weighted by Crippen LogP contribution is 2.19. The van der Waals surface area contributed by atoms with Gasteiger partial charge in [0.05, 0.1) is 6.04 Å². The van der Waals surface area contributed by atoms with E-state index < -0.39 is 0 Å². The summed E-state index contributed by atoms with van der Waals surface area (Å²) in [7, 11) is 0. The van der Waals surface area contributed by atoms with Crippen molar-refractivity contribution in [2.45, 2.75) is 26.8 Å². The average molecular weight is 224 g/mol. The Kier molecular flexibility index (Phi) is 4.34. The smallest absolute Gasteiger partial charge is 0.0717 e. The molecule has 0 amide bonds. The van der Waals surface area contributed by atoms with Crippen molar-refractivity contribution in [2.75, 3.05) is 5.88 Å². The molecule has 0 spiro atoms. The van der Waals surface area contributed by atoms with Crippen LogP contribution in [0.1, 0.15) is 32.4 Å². The summed E-state index contributed by atoms with van der Waals surface area (Å²) >= 11 is 5.83. The van der Waals surface area contributed by atoms with E-state index in [1.54, 1.807) is 0 Å². The number of hydrogen-bond acceptors (Lipinski definition) is 1. The molecule has 0 N–H and O–H groups in total. The second-order valence-corrected chi connectivity index (χ2v) is 4.75. The molecule has 1 nitrogen and oxygen atoms in total. The lowest BCUT2D eigenvalue weighted by molar-refractivity contribution is 0.607. The second-order valence-electron chi connectivity index (χ2n) is 4.49. The van der Waals surface area contributed by atoms with Gasteiger partial charge in [0.2, 0.25) is 0 Å². The maximum absolute atomic E-state index is 5.83. The molecular formula is C13H18ClN. The number of alkyl halides is 1. The van der Waals surface area contributed by atoms with Crippen LogP contribution in [-0.4, -0.2) is 12.1 Å². The van der Waals surface area contributed by atoms with Crippen molar-refractivity contribution < 1.29 is 0 Å². The van der Waals surface area contributed by atoms with Gasteiger partial charge in [0, 0.05) is 17.5 Å². The van der Waals surface area contributed by atoms with E-state index in [9.17, 15) is 0 Å². The molecule has 1 aromatic rings. The first kappa shape index (κ1) is 12.3. The number of hydrogen-bond donors (Lipinski definition) is 0. The predicted molar refractivity (Wildman–Crippen MR) is 67.9 cm³/mol. The van der Waals surface area contributed by atoms with E-state index >= 15 is 0 Å². The number of rotatable bonds is 4. The Morgan fingerprint density at radius 2 is 1.93 bits per heavy atom. The minimum absolute atomic E-state index is 0.0232. The molecule has 82 valence electrons. The van der Waals surface area contributed by atoms with Crippen LogP contribution >= 0.6 is 11.6 Å². The maximum atomic E-state index is 5.83. The Morgan fingerprint density at radius 3 is 2.47 bits per heavy atom. The summed E-state index contributed by atoms with van der Waals surface area (Å²) in [6.07, 6.45) is 1.96. The van der Waals surface area contributed by atoms with Gasteiger partial charge in [0.15, 0.2) is 0 Å². The lowest BCUT2D eigenvalue weighted by atomic mass is 9.98. The fraction of sp³-hybridized carbons (Fsp3) is 0.462. The van der Waals surface area contributed by atoms with Crippen molar-refractivity contribution in [3.8, 4) is 0 Å². The molecule has 0 aliphatic carbocycles. The van der Waals surface area contributed by atoms with E-state index in [-0.39, 0.29) is 11.5 Å². The van der Waals surface area contributed by atoms with Crippen LogP contribution in [0, 0.1) is 5.41 Å². The Bertz CT molecular complexity index is 317. The van der Waals surface area contributed by atoms with Gasteiger partial charge < -0.3 is 0 Å². The summed E-state index contributed by atoms with van der Waals surface area (Å²) in [6.45, 7) is 6.26. The van der Waals surface area contributed by atoms with E-state index in [1.807, 2.05) is 24.4 Å². The molecule has 1 rings (SSSR count). The summed E-state index contributed by atoms with van der Waals surface area (Å²) in [5, 5.41) is 0. The monoisotopic (exact) mass is 223 g/mol. The molecule has 2 heteroatoms. The second kappa shape index (κ2) is 5.32. The van der Waals surface area contributed by atoms with Crippen molar-refractivity contribution in [2.24, 2.45) is 10.4 Å². The van der Waals surface area contributed by atoms with E-state index in [0.29, 0.717) is 5.88 Å². The first-order chi connectivity index (χ1) is 7.05. The van der Waals surface area contributed by atoms with Crippen molar-refractivity contribution in [1.82, 2.24) is 0 Å². The lowest BCUT2D eigenvalue weighted by Crippen LogP contribution is -2.15. The van der Waals surface area contributed by atoms with Gasteiger partial charge >= 0.3 is 0 Å². The van der Waals surface area contributed by atoms with E-state index in [4.69, 9.17) is 11.6 Å². The zero-order valence-electron chi connectivity index (χ0n) is 9.57. The van der Waals surface area contributed by atoms with Crippen LogP contribution in [-0.2, 0) is 0 Å². The summed E-state index contributed by atoms with van der Waals surface area (Å²) in [4.78, 5) is 4.53.